The van der Waals surface area contributed by atoms with Gasteiger partial charge in [0.2, 0.25) is 0 Å². The number of amides is 1. The Morgan fingerprint density at radius 3 is 2.81 bits per heavy atom. The summed E-state index contributed by atoms with van der Waals surface area (Å²) in [5.41, 5.74) is 3.42. The Morgan fingerprint density at radius 1 is 1.31 bits per heavy atom. The second kappa shape index (κ2) is 6.80. The molecule has 2 aliphatic heterocycles. The smallest absolute Gasteiger partial charge is 0.259 e. The summed E-state index contributed by atoms with van der Waals surface area (Å²) in [6, 6.07) is 3.99. The third-order valence-electron chi connectivity index (χ3n) is 4.61. The summed E-state index contributed by atoms with van der Waals surface area (Å²) in [7, 11) is 3.43. The van der Waals surface area contributed by atoms with Crippen LogP contribution in [0, 0.1) is 0 Å². The van der Waals surface area contributed by atoms with E-state index in [0.717, 1.165) is 35.8 Å². The average Bonchev–Trinajstić information content (AvgIpc) is 3.27. The van der Waals surface area contributed by atoms with Crippen molar-refractivity contribution < 1.29 is 14.3 Å². The van der Waals surface area contributed by atoms with Gasteiger partial charge in [0.15, 0.2) is 0 Å². The summed E-state index contributed by atoms with van der Waals surface area (Å²) >= 11 is 0. The number of methoxy groups -OCH3 is 1. The van der Waals surface area contributed by atoms with E-state index in [2.05, 4.69) is 15.3 Å². The number of aliphatic imine (C=N–C) groups is 1. The number of fused-ring (bicyclic) bond motifs is 1. The van der Waals surface area contributed by atoms with Crippen molar-refractivity contribution in [3.63, 3.8) is 0 Å². The van der Waals surface area contributed by atoms with Crippen LogP contribution in [0.5, 0.6) is 5.75 Å². The summed E-state index contributed by atoms with van der Waals surface area (Å²) in [5, 5.41) is 6.93. The zero-order valence-corrected chi connectivity index (χ0v) is 14.9. The fourth-order valence-corrected chi connectivity index (χ4v) is 3.31. The molecule has 0 atom stereocenters. The Labute approximate surface area is 151 Å². The largest absolute Gasteiger partial charge is 0.496 e. The molecule has 136 valence electrons. The number of carbonyl (C=O) groups excluding carboxylic acids is 1. The molecule has 4 rings (SSSR count). The molecule has 1 aromatic heterocycles. The molecule has 1 amide bonds. The Bertz CT molecular complexity index is 868. The summed E-state index contributed by atoms with van der Waals surface area (Å²) in [6.45, 7) is 3.06. The van der Waals surface area contributed by atoms with Crippen LogP contribution in [0.1, 0.15) is 15.9 Å². The number of benzene rings is 1. The number of nitrogens with zero attached hydrogens (tertiary/aromatic N) is 4. The van der Waals surface area contributed by atoms with Crippen LogP contribution < -0.4 is 15.0 Å². The molecule has 2 aliphatic rings. The molecule has 8 heteroatoms. The molecule has 0 spiro atoms. The number of aryl methyl sites for hydroxylation is 1. The van der Waals surface area contributed by atoms with Gasteiger partial charge in [-0.25, -0.2) is 4.99 Å². The molecular formula is C18H21N5O3. The number of ether oxygens (including phenoxy) is 2. The van der Waals surface area contributed by atoms with Gasteiger partial charge in [0, 0.05) is 38.3 Å². The molecule has 0 aliphatic carbocycles. The lowest BCUT2D eigenvalue weighted by Crippen LogP contribution is -2.36. The predicted molar refractivity (Wildman–Crippen MR) is 97.5 cm³/mol. The number of morpholine rings is 1. The highest BCUT2D eigenvalue weighted by Gasteiger charge is 2.26. The molecule has 8 nitrogen and oxygen atoms in total. The van der Waals surface area contributed by atoms with Crippen LogP contribution in [0.15, 0.2) is 29.5 Å². The number of aromatic nitrogens is 2. The normalized spacial score (nSPS) is 16.2. The molecule has 0 unspecified atom stereocenters. The molecule has 2 aromatic rings. The minimum atomic E-state index is -0.212. The Morgan fingerprint density at radius 2 is 2.12 bits per heavy atom. The van der Waals surface area contributed by atoms with Crippen molar-refractivity contribution in [2.75, 3.05) is 38.3 Å². The summed E-state index contributed by atoms with van der Waals surface area (Å²) < 4.78 is 12.5. The van der Waals surface area contributed by atoms with Crippen molar-refractivity contribution in [3.8, 4) is 5.75 Å². The third-order valence-corrected chi connectivity index (χ3v) is 4.61. The Hall–Kier alpha value is -2.87. The van der Waals surface area contributed by atoms with Gasteiger partial charge in [0.05, 0.1) is 43.5 Å². The first kappa shape index (κ1) is 16.6. The van der Waals surface area contributed by atoms with E-state index >= 15 is 0 Å². The lowest BCUT2D eigenvalue weighted by molar-refractivity contribution is 0.0976. The fourth-order valence-electron chi connectivity index (χ4n) is 3.31. The molecule has 3 heterocycles. The van der Waals surface area contributed by atoms with Crippen LogP contribution in [0.2, 0.25) is 0 Å². The van der Waals surface area contributed by atoms with E-state index in [-0.39, 0.29) is 5.91 Å². The number of nitrogens with one attached hydrogen (secondary N) is 1. The zero-order chi connectivity index (χ0) is 18.1. The van der Waals surface area contributed by atoms with E-state index in [0.29, 0.717) is 31.0 Å². The second-order valence-corrected chi connectivity index (χ2v) is 6.31. The number of hydrogen-bond acceptors (Lipinski definition) is 6. The maximum atomic E-state index is 12.4. The first-order valence-corrected chi connectivity index (χ1v) is 8.56. The average molecular weight is 355 g/mol. The first-order chi connectivity index (χ1) is 12.7. The quantitative estimate of drug-likeness (QED) is 0.897. The van der Waals surface area contributed by atoms with Crippen LogP contribution in [-0.2, 0) is 18.2 Å². The molecule has 1 N–H and O–H groups in total. The number of carbonyl (C=O) groups is 1. The highest BCUT2D eigenvalue weighted by Crippen LogP contribution is 2.42. The number of anilines is 1. The number of amidine groups is 1. The van der Waals surface area contributed by atoms with Crippen LogP contribution in [0.4, 0.5) is 11.4 Å². The van der Waals surface area contributed by atoms with Gasteiger partial charge in [-0.2, -0.15) is 5.10 Å². The molecule has 0 radical (unpaired) electrons. The van der Waals surface area contributed by atoms with Crippen LogP contribution in [0.25, 0.3) is 0 Å². The van der Waals surface area contributed by atoms with Crippen LogP contribution >= 0.6 is 0 Å². The molecule has 26 heavy (non-hydrogen) atoms. The topological polar surface area (TPSA) is 81.0 Å². The van der Waals surface area contributed by atoms with Gasteiger partial charge in [-0.3, -0.25) is 9.48 Å². The van der Waals surface area contributed by atoms with Crippen molar-refractivity contribution >= 4 is 23.1 Å². The standard InChI is InChI=1S/C18H21N5O3/c1-22-11-12(10-19-22)18(24)21-16-9-13-15(25-2)4-3-14(17(13)20-16)23-5-7-26-8-6-23/h3-4,10-11H,5-9H2,1-2H3,(H,20,21,24). The highest BCUT2D eigenvalue weighted by molar-refractivity contribution is 6.09. The minimum absolute atomic E-state index is 0.212. The number of rotatable bonds is 3. The van der Waals surface area contributed by atoms with E-state index in [1.165, 1.54) is 6.20 Å². The molecule has 0 saturated carbocycles. The monoisotopic (exact) mass is 355 g/mol. The van der Waals surface area contributed by atoms with Crippen molar-refractivity contribution in [3.05, 3.63) is 35.7 Å². The van der Waals surface area contributed by atoms with Crippen molar-refractivity contribution in [2.24, 2.45) is 12.0 Å². The Balaban J connectivity index is 1.61. The van der Waals surface area contributed by atoms with Gasteiger partial charge < -0.3 is 19.7 Å². The van der Waals surface area contributed by atoms with Crippen molar-refractivity contribution in [1.29, 1.82) is 0 Å². The van der Waals surface area contributed by atoms with Crippen LogP contribution in [-0.4, -0.2) is 54.9 Å². The molecule has 1 aromatic carbocycles. The van der Waals surface area contributed by atoms with Gasteiger partial charge in [0.1, 0.15) is 11.6 Å². The third kappa shape index (κ3) is 3.03. The Kier molecular flexibility index (Phi) is 4.34. The maximum Gasteiger partial charge on any atom is 0.259 e. The maximum absolute atomic E-state index is 12.4. The van der Waals surface area contributed by atoms with Gasteiger partial charge in [-0.05, 0) is 12.1 Å². The molecule has 1 saturated heterocycles. The molecular weight excluding hydrogens is 334 g/mol. The first-order valence-electron chi connectivity index (χ1n) is 8.56. The lowest BCUT2D eigenvalue weighted by atomic mass is 10.1. The zero-order valence-electron chi connectivity index (χ0n) is 14.9. The van der Waals surface area contributed by atoms with Crippen molar-refractivity contribution in [2.45, 2.75) is 6.42 Å². The van der Waals surface area contributed by atoms with E-state index < -0.39 is 0 Å². The van der Waals surface area contributed by atoms with Gasteiger partial charge in [-0.1, -0.05) is 0 Å². The fraction of sp³-hybridized carbons (Fsp3) is 0.389. The van der Waals surface area contributed by atoms with E-state index in [1.54, 1.807) is 25.0 Å². The molecule has 1 fully saturated rings. The summed E-state index contributed by atoms with van der Waals surface area (Å²) in [6.07, 6.45) is 3.75. The van der Waals surface area contributed by atoms with Crippen molar-refractivity contribution in [1.82, 2.24) is 15.1 Å². The lowest BCUT2D eigenvalue weighted by Gasteiger charge is -2.30. The second-order valence-electron chi connectivity index (χ2n) is 6.31. The van der Waals surface area contributed by atoms with Gasteiger partial charge >= 0.3 is 0 Å². The summed E-state index contributed by atoms with van der Waals surface area (Å²) in [5.74, 6) is 1.19. The van der Waals surface area contributed by atoms with Crippen LogP contribution in [0.3, 0.4) is 0 Å². The van der Waals surface area contributed by atoms with E-state index in [1.807, 2.05) is 12.1 Å². The SMILES string of the molecule is COc1ccc(N2CCOCC2)c2c1CC(NC(=O)c1cnn(C)c1)=N2. The van der Waals surface area contributed by atoms with E-state index in [9.17, 15) is 4.79 Å². The molecule has 0 bridgehead atoms. The minimum Gasteiger partial charge on any atom is -0.496 e. The van der Waals surface area contributed by atoms with Gasteiger partial charge in [-0.15, -0.1) is 0 Å². The summed E-state index contributed by atoms with van der Waals surface area (Å²) in [4.78, 5) is 19.4. The predicted octanol–water partition coefficient (Wildman–Crippen LogP) is 1.28. The van der Waals surface area contributed by atoms with E-state index in [4.69, 9.17) is 14.5 Å². The number of hydrogen-bond donors (Lipinski definition) is 1. The highest BCUT2D eigenvalue weighted by atomic mass is 16.5. The van der Waals surface area contributed by atoms with Gasteiger partial charge in [0.25, 0.3) is 5.91 Å².